The largest absolute Gasteiger partial charge is 0.461 e. The van der Waals surface area contributed by atoms with Crippen LogP contribution in [0.2, 0.25) is 0 Å². The van der Waals surface area contributed by atoms with Gasteiger partial charge in [0.1, 0.15) is 21.8 Å². The van der Waals surface area contributed by atoms with Crippen molar-refractivity contribution in [3.63, 3.8) is 0 Å². The van der Waals surface area contributed by atoms with E-state index in [4.69, 9.17) is 4.74 Å². The van der Waals surface area contributed by atoms with Crippen LogP contribution in [0, 0.1) is 12.8 Å². The molecular formula is C26H20F4N4O4S. The molecule has 39 heavy (non-hydrogen) atoms. The van der Waals surface area contributed by atoms with Gasteiger partial charge in [0.15, 0.2) is 5.13 Å². The number of aromatic nitrogens is 2. The van der Waals surface area contributed by atoms with Crippen molar-refractivity contribution in [2.45, 2.75) is 32.3 Å². The minimum atomic E-state index is -4.69. The van der Waals surface area contributed by atoms with Crippen LogP contribution in [0.3, 0.4) is 0 Å². The first-order chi connectivity index (χ1) is 18.6. The Morgan fingerprint density at radius 1 is 1.05 bits per heavy atom. The van der Waals surface area contributed by atoms with Crippen LogP contribution in [-0.4, -0.2) is 34.3 Å². The van der Waals surface area contributed by atoms with Gasteiger partial charge in [-0.1, -0.05) is 23.5 Å². The Balaban J connectivity index is 1.28. The molecule has 0 saturated heterocycles. The quantitative estimate of drug-likeness (QED) is 0.223. The number of thiazole rings is 1. The van der Waals surface area contributed by atoms with Crippen molar-refractivity contribution in [2.75, 3.05) is 10.6 Å². The van der Waals surface area contributed by atoms with Crippen LogP contribution in [0.25, 0.3) is 10.3 Å². The molecule has 202 valence electrons. The zero-order valence-corrected chi connectivity index (χ0v) is 21.0. The van der Waals surface area contributed by atoms with E-state index >= 15 is 0 Å². The van der Waals surface area contributed by atoms with E-state index in [1.54, 1.807) is 37.3 Å². The topological polar surface area (TPSA) is 102 Å². The van der Waals surface area contributed by atoms with E-state index < -0.39 is 24.2 Å². The second-order valence-corrected chi connectivity index (χ2v) is 9.76. The Bertz CT molecular complexity index is 1560. The van der Waals surface area contributed by atoms with E-state index in [1.165, 1.54) is 23.5 Å². The van der Waals surface area contributed by atoms with Crippen molar-refractivity contribution in [3.05, 3.63) is 65.7 Å². The van der Waals surface area contributed by atoms with Crippen LogP contribution in [0.1, 0.15) is 28.8 Å². The fourth-order valence-electron chi connectivity index (χ4n) is 3.47. The second-order valence-electron chi connectivity index (χ2n) is 8.79. The monoisotopic (exact) mass is 560 g/mol. The van der Waals surface area contributed by atoms with Crippen molar-refractivity contribution in [2.24, 2.45) is 5.92 Å². The smallest absolute Gasteiger partial charge is 0.439 e. The first-order valence-corrected chi connectivity index (χ1v) is 12.5. The minimum Gasteiger partial charge on any atom is -0.439 e. The lowest BCUT2D eigenvalue weighted by Crippen LogP contribution is -2.33. The average molecular weight is 561 g/mol. The average Bonchev–Trinajstić information content (AvgIpc) is 3.66. The summed E-state index contributed by atoms with van der Waals surface area (Å²) in [6, 6.07) is 12.7. The van der Waals surface area contributed by atoms with Gasteiger partial charge in [0.25, 0.3) is 5.91 Å². The summed E-state index contributed by atoms with van der Waals surface area (Å²) in [6.07, 6.45) is -6.96. The number of rotatable bonds is 9. The lowest BCUT2D eigenvalue weighted by atomic mass is 10.1. The number of fused-ring (bicyclic) bond motifs is 1. The number of nitrogens with one attached hydrogen (secondary N) is 2. The molecule has 0 atom stereocenters. The van der Waals surface area contributed by atoms with E-state index in [-0.39, 0.29) is 23.3 Å². The molecule has 8 nitrogen and oxygen atoms in total. The summed E-state index contributed by atoms with van der Waals surface area (Å²) in [5.74, 6) is -0.610. The molecule has 1 saturated carbocycles. The number of halogens is 4. The Kier molecular flexibility index (Phi) is 7.08. The molecule has 13 heteroatoms. The summed E-state index contributed by atoms with van der Waals surface area (Å²) in [4.78, 5) is 34.1. The molecule has 2 heterocycles. The number of hydrogen-bond acceptors (Lipinski definition) is 7. The number of alkyl halides is 4. The van der Waals surface area contributed by atoms with Crippen LogP contribution >= 0.6 is 11.3 Å². The number of carbonyl (C=O) groups excluding carboxylic acids is 2. The number of nitrogens with zero attached hydrogens (tertiary/aromatic N) is 2. The van der Waals surface area contributed by atoms with Gasteiger partial charge in [-0.15, -0.1) is 0 Å². The maximum absolute atomic E-state index is 13.2. The fraction of sp³-hybridized carbons (Fsp3) is 0.231. The number of amides is 2. The molecule has 2 aromatic heterocycles. The SMILES string of the molecule is Cc1ccc(NC(=O)c2cccc(OC(F)(F)C(F)F)c2)cc1Oc1ccc2nc(NC(=O)C3CC3)sc2n1. The predicted octanol–water partition coefficient (Wildman–Crippen LogP) is 6.63. The van der Waals surface area contributed by atoms with Crippen molar-refractivity contribution < 1.29 is 36.6 Å². The van der Waals surface area contributed by atoms with Crippen LogP contribution < -0.4 is 20.1 Å². The number of anilines is 2. The highest BCUT2D eigenvalue weighted by Gasteiger charge is 2.44. The van der Waals surface area contributed by atoms with Gasteiger partial charge in [0, 0.05) is 29.3 Å². The van der Waals surface area contributed by atoms with Crippen molar-refractivity contribution in [3.8, 4) is 17.4 Å². The van der Waals surface area contributed by atoms with Crippen LogP contribution in [0.5, 0.6) is 17.4 Å². The molecule has 1 aliphatic carbocycles. The molecule has 5 rings (SSSR count). The molecule has 1 fully saturated rings. The van der Waals surface area contributed by atoms with Crippen LogP contribution in [-0.2, 0) is 4.79 Å². The summed E-state index contributed by atoms with van der Waals surface area (Å²) >= 11 is 1.22. The number of ether oxygens (including phenoxy) is 2. The van der Waals surface area contributed by atoms with Crippen LogP contribution in [0.15, 0.2) is 54.6 Å². The predicted molar refractivity (Wildman–Crippen MR) is 136 cm³/mol. The maximum Gasteiger partial charge on any atom is 0.461 e. The lowest BCUT2D eigenvalue weighted by Gasteiger charge is -2.17. The molecule has 0 bridgehead atoms. The Labute approximate surface area is 223 Å². The van der Waals surface area contributed by atoms with Crippen molar-refractivity contribution in [1.82, 2.24) is 9.97 Å². The van der Waals surface area contributed by atoms with Crippen LogP contribution in [0.4, 0.5) is 28.4 Å². The third-order valence-electron chi connectivity index (χ3n) is 5.67. The van der Waals surface area contributed by atoms with Gasteiger partial charge < -0.3 is 20.1 Å². The summed E-state index contributed by atoms with van der Waals surface area (Å²) in [5.41, 5.74) is 1.59. The third kappa shape index (κ3) is 6.25. The molecule has 2 aromatic carbocycles. The van der Waals surface area contributed by atoms with Crippen molar-refractivity contribution >= 4 is 44.3 Å². The Hall–Kier alpha value is -4.26. The van der Waals surface area contributed by atoms with E-state index in [9.17, 15) is 27.2 Å². The zero-order chi connectivity index (χ0) is 27.7. The Morgan fingerprint density at radius 3 is 2.59 bits per heavy atom. The molecule has 4 aromatic rings. The van der Waals surface area contributed by atoms with E-state index in [0.717, 1.165) is 30.5 Å². The third-order valence-corrected chi connectivity index (χ3v) is 6.55. The molecule has 0 aliphatic heterocycles. The van der Waals surface area contributed by atoms with Gasteiger partial charge in [-0.05, 0) is 55.7 Å². The van der Waals surface area contributed by atoms with Gasteiger partial charge in [0.2, 0.25) is 11.8 Å². The summed E-state index contributed by atoms with van der Waals surface area (Å²) in [5, 5.41) is 5.87. The lowest BCUT2D eigenvalue weighted by molar-refractivity contribution is -0.253. The van der Waals surface area contributed by atoms with E-state index in [2.05, 4.69) is 25.3 Å². The van der Waals surface area contributed by atoms with Gasteiger partial charge in [-0.25, -0.2) is 9.97 Å². The molecule has 1 aliphatic rings. The van der Waals surface area contributed by atoms with Gasteiger partial charge in [-0.2, -0.15) is 17.6 Å². The Morgan fingerprint density at radius 2 is 1.85 bits per heavy atom. The second kappa shape index (κ2) is 10.5. The zero-order valence-electron chi connectivity index (χ0n) is 20.2. The molecule has 0 radical (unpaired) electrons. The maximum atomic E-state index is 13.2. The molecule has 2 amide bonds. The highest BCUT2D eigenvalue weighted by Crippen LogP contribution is 2.34. The normalized spacial score (nSPS) is 13.4. The van der Waals surface area contributed by atoms with Gasteiger partial charge in [0.05, 0.1) is 0 Å². The summed E-state index contributed by atoms with van der Waals surface area (Å²) < 4.78 is 61.3. The van der Waals surface area contributed by atoms with Crippen molar-refractivity contribution in [1.29, 1.82) is 0 Å². The molecule has 0 spiro atoms. The standard InChI is InChI=1S/C26H20F4N4O4S/c1-13-5-8-16(31-22(36)15-3-2-4-17(11-15)38-26(29,30)24(27)28)12-19(13)37-20-10-9-18-23(33-20)39-25(32-18)34-21(35)14-6-7-14/h2-5,8-12,14,24H,6-7H2,1H3,(H,31,36)(H,32,34,35). The fourth-order valence-corrected chi connectivity index (χ4v) is 4.30. The molecular weight excluding hydrogens is 540 g/mol. The highest BCUT2D eigenvalue weighted by molar-refractivity contribution is 7.21. The van der Waals surface area contributed by atoms with Gasteiger partial charge >= 0.3 is 12.5 Å². The number of hydrogen-bond donors (Lipinski definition) is 2. The number of pyridine rings is 1. The van der Waals surface area contributed by atoms with E-state index in [0.29, 0.717) is 26.9 Å². The number of aryl methyl sites for hydroxylation is 1. The summed E-state index contributed by atoms with van der Waals surface area (Å²) in [6.45, 7) is 1.79. The molecule has 2 N–H and O–H groups in total. The van der Waals surface area contributed by atoms with Gasteiger partial charge in [-0.3, -0.25) is 9.59 Å². The highest BCUT2D eigenvalue weighted by atomic mass is 32.1. The van der Waals surface area contributed by atoms with E-state index in [1.807, 2.05) is 0 Å². The first-order valence-electron chi connectivity index (χ1n) is 11.7. The molecule has 0 unspecified atom stereocenters. The first kappa shape index (κ1) is 26.4. The minimum absolute atomic E-state index is 0.0483. The summed E-state index contributed by atoms with van der Waals surface area (Å²) in [7, 11) is 0. The number of benzene rings is 2. The number of carbonyl (C=O) groups is 2.